The highest BCUT2D eigenvalue weighted by Gasteiger charge is 2.20. The van der Waals surface area contributed by atoms with Crippen LogP contribution in [0.1, 0.15) is 5.56 Å². The quantitative estimate of drug-likeness (QED) is 0.676. The van der Waals surface area contributed by atoms with Gasteiger partial charge in [-0.25, -0.2) is 0 Å². The summed E-state index contributed by atoms with van der Waals surface area (Å²) in [6.45, 7) is 8.42. The molecule has 1 aliphatic rings. The van der Waals surface area contributed by atoms with Crippen LogP contribution >= 0.6 is 0 Å². The number of nitrogens with zero attached hydrogens (tertiary/aromatic N) is 2. The molecule has 0 bridgehead atoms. The first-order valence-corrected chi connectivity index (χ1v) is 9.80. The average molecular weight is 383 g/mol. The van der Waals surface area contributed by atoms with Crippen molar-refractivity contribution < 1.29 is 14.6 Å². The van der Waals surface area contributed by atoms with Crippen molar-refractivity contribution in [2.45, 2.75) is 12.5 Å². The van der Waals surface area contributed by atoms with Crippen molar-refractivity contribution in [2.75, 3.05) is 51.3 Å². The monoisotopic (exact) mass is 382 g/mol. The third-order valence-electron chi connectivity index (χ3n) is 5.00. The Labute approximate surface area is 167 Å². The van der Waals surface area contributed by atoms with E-state index in [2.05, 4.69) is 40.6 Å². The summed E-state index contributed by atoms with van der Waals surface area (Å²) in [7, 11) is 1.63. The summed E-state index contributed by atoms with van der Waals surface area (Å²) in [5.41, 5.74) is 2.38. The molecule has 1 atom stereocenters. The number of benzene rings is 2. The molecular weight excluding hydrogens is 352 g/mol. The molecule has 0 amide bonds. The smallest absolute Gasteiger partial charge is 0.161 e. The summed E-state index contributed by atoms with van der Waals surface area (Å²) in [6.07, 6.45) is 2.10. The lowest BCUT2D eigenvalue weighted by Gasteiger charge is -2.36. The second kappa shape index (κ2) is 10.2. The number of ether oxygens (including phenoxy) is 2. The second-order valence-electron chi connectivity index (χ2n) is 7.07. The molecular formula is C23H30N2O3. The number of para-hydroxylation sites is 1. The van der Waals surface area contributed by atoms with Crippen LogP contribution in [-0.2, 0) is 6.42 Å². The fourth-order valence-electron chi connectivity index (χ4n) is 3.49. The first-order chi connectivity index (χ1) is 13.7. The summed E-state index contributed by atoms with van der Waals surface area (Å²) in [6, 6.07) is 16.3. The standard InChI is InChI=1S/C23H30N2O3/c1-3-7-19-10-11-22(23(16-19)27-2)28-18-21(26)17-24-12-14-25(15-13-24)20-8-5-4-6-9-20/h3-6,8-11,16,21,26H,1,7,12-15,17-18H2,2H3/t21-/m0/s1. The molecule has 0 spiro atoms. The van der Waals surface area contributed by atoms with Gasteiger partial charge in [-0.3, -0.25) is 4.90 Å². The molecule has 0 aliphatic carbocycles. The van der Waals surface area contributed by atoms with Crippen LogP contribution < -0.4 is 14.4 Å². The number of methoxy groups -OCH3 is 1. The van der Waals surface area contributed by atoms with Crippen LogP contribution in [0.5, 0.6) is 11.5 Å². The van der Waals surface area contributed by atoms with Crippen LogP contribution in [0.25, 0.3) is 0 Å². The number of piperazine rings is 1. The molecule has 0 aromatic heterocycles. The topological polar surface area (TPSA) is 45.2 Å². The summed E-state index contributed by atoms with van der Waals surface area (Å²) in [5, 5.41) is 10.4. The molecule has 28 heavy (non-hydrogen) atoms. The minimum atomic E-state index is -0.541. The zero-order valence-corrected chi connectivity index (χ0v) is 16.6. The van der Waals surface area contributed by atoms with Crippen molar-refractivity contribution in [2.24, 2.45) is 0 Å². The van der Waals surface area contributed by atoms with Crippen LogP contribution in [0.4, 0.5) is 5.69 Å². The van der Waals surface area contributed by atoms with Gasteiger partial charge >= 0.3 is 0 Å². The van der Waals surface area contributed by atoms with E-state index in [1.165, 1.54) is 5.69 Å². The minimum Gasteiger partial charge on any atom is -0.493 e. The third-order valence-corrected chi connectivity index (χ3v) is 5.00. The van der Waals surface area contributed by atoms with Crippen molar-refractivity contribution in [3.05, 3.63) is 66.7 Å². The number of β-amino-alcohol motifs (C(OH)–C–C–N with tert-alkyl or cyclic N) is 1. The maximum Gasteiger partial charge on any atom is 0.161 e. The van der Waals surface area contributed by atoms with Crippen molar-refractivity contribution >= 4 is 5.69 Å². The van der Waals surface area contributed by atoms with Crippen LogP contribution in [0.3, 0.4) is 0 Å². The highest BCUT2D eigenvalue weighted by Crippen LogP contribution is 2.28. The molecule has 2 aromatic carbocycles. The van der Waals surface area contributed by atoms with Gasteiger partial charge in [0.1, 0.15) is 12.7 Å². The van der Waals surface area contributed by atoms with Crippen LogP contribution in [0.2, 0.25) is 0 Å². The van der Waals surface area contributed by atoms with E-state index in [4.69, 9.17) is 9.47 Å². The van der Waals surface area contributed by atoms with Gasteiger partial charge in [0.05, 0.1) is 7.11 Å². The van der Waals surface area contributed by atoms with Crippen molar-refractivity contribution in [3.8, 4) is 11.5 Å². The van der Waals surface area contributed by atoms with E-state index in [1.807, 2.05) is 30.3 Å². The van der Waals surface area contributed by atoms with Gasteiger partial charge in [-0.15, -0.1) is 6.58 Å². The molecule has 5 nitrogen and oxygen atoms in total. The van der Waals surface area contributed by atoms with Gasteiger partial charge in [0.15, 0.2) is 11.5 Å². The predicted octanol–water partition coefficient (Wildman–Crippen LogP) is 2.99. The lowest BCUT2D eigenvalue weighted by Crippen LogP contribution is -2.49. The molecule has 2 aromatic rings. The maximum absolute atomic E-state index is 10.4. The Morgan fingerprint density at radius 2 is 1.82 bits per heavy atom. The Bertz CT molecular complexity index is 743. The molecule has 1 saturated heterocycles. The summed E-state index contributed by atoms with van der Waals surface area (Å²) < 4.78 is 11.2. The van der Waals surface area contributed by atoms with Gasteiger partial charge in [0.2, 0.25) is 0 Å². The first kappa shape index (κ1) is 20.2. The van der Waals surface area contributed by atoms with Crippen molar-refractivity contribution in [3.63, 3.8) is 0 Å². The van der Waals surface area contributed by atoms with Crippen molar-refractivity contribution in [1.29, 1.82) is 0 Å². The number of aliphatic hydroxyl groups excluding tert-OH is 1. The van der Waals surface area contributed by atoms with Crippen LogP contribution in [-0.4, -0.2) is 62.6 Å². The lowest BCUT2D eigenvalue weighted by atomic mass is 10.1. The Kier molecular flexibility index (Phi) is 7.34. The normalized spacial score (nSPS) is 15.9. The Morgan fingerprint density at radius 1 is 1.07 bits per heavy atom. The van der Waals surface area contributed by atoms with E-state index in [1.54, 1.807) is 7.11 Å². The van der Waals surface area contributed by atoms with Gasteiger partial charge in [-0.1, -0.05) is 30.3 Å². The highest BCUT2D eigenvalue weighted by atomic mass is 16.5. The molecule has 1 heterocycles. The third kappa shape index (κ3) is 5.50. The van der Waals surface area contributed by atoms with Crippen LogP contribution in [0.15, 0.2) is 61.2 Å². The predicted molar refractivity (Wildman–Crippen MR) is 113 cm³/mol. The van der Waals surface area contributed by atoms with E-state index < -0.39 is 6.10 Å². The molecule has 1 fully saturated rings. The summed E-state index contributed by atoms with van der Waals surface area (Å²) >= 11 is 0. The molecule has 5 heteroatoms. The molecule has 0 radical (unpaired) electrons. The average Bonchev–Trinajstić information content (AvgIpc) is 2.74. The second-order valence-corrected chi connectivity index (χ2v) is 7.07. The molecule has 3 rings (SSSR count). The zero-order valence-electron chi connectivity index (χ0n) is 16.6. The Morgan fingerprint density at radius 3 is 2.50 bits per heavy atom. The van der Waals surface area contributed by atoms with Gasteiger partial charge < -0.3 is 19.5 Å². The fraction of sp³-hybridized carbons (Fsp3) is 0.391. The molecule has 1 N–H and O–H groups in total. The van der Waals surface area contributed by atoms with Crippen LogP contribution in [0, 0.1) is 0 Å². The first-order valence-electron chi connectivity index (χ1n) is 9.80. The van der Waals surface area contributed by atoms with E-state index in [0.29, 0.717) is 18.0 Å². The Balaban J connectivity index is 1.45. The number of allylic oxidation sites excluding steroid dienone is 1. The highest BCUT2D eigenvalue weighted by molar-refractivity contribution is 5.46. The van der Waals surface area contributed by atoms with Gasteiger partial charge in [0.25, 0.3) is 0 Å². The van der Waals surface area contributed by atoms with Gasteiger partial charge in [-0.2, -0.15) is 0 Å². The number of hydrogen-bond acceptors (Lipinski definition) is 5. The fourth-order valence-corrected chi connectivity index (χ4v) is 3.49. The number of rotatable bonds is 9. The van der Waals surface area contributed by atoms with E-state index in [9.17, 15) is 5.11 Å². The number of hydrogen-bond donors (Lipinski definition) is 1. The molecule has 150 valence electrons. The van der Waals surface area contributed by atoms with E-state index in [-0.39, 0.29) is 6.61 Å². The molecule has 0 unspecified atom stereocenters. The molecule has 0 saturated carbocycles. The Hall–Kier alpha value is -2.50. The minimum absolute atomic E-state index is 0.246. The summed E-state index contributed by atoms with van der Waals surface area (Å²) in [4.78, 5) is 4.67. The van der Waals surface area contributed by atoms with E-state index >= 15 is 0 Å². The molecule has 1 aliphatic heterocycles. The number of anilines is 1. The largest absolute Gasteiger partial charge is 0.493 e. The maximum atomic E-state index is 10.4. The van der Waals surface area contributed by atoms with Gasteiger partial charge in [0, 0.05) is 38.4 Å². The van der Waals surface area contributed by atoms with Gasteiger partial charge in [-0.05, 0) is 36.2 Å². The SMILES string of the molecule is C=CCc1ccc(OC[C@@H](O)CN2CCN(c3ccccc3)CC2)c(OC)c1. The number of aliphatic hydroxyl groups is 1. The summed E-state index contributed by atoms with van der Waals surface area (Å²) in [5.74, 6) is 1.34. The zero-order chi connectivity index (χ0) is 19.8. The van der Waals surface area contributed by atoms with Crippen molar-refractivity contribution in [1.82, 2.24) is 4.90 Å². The van der Waals surface area contributed by atoms with E-state index in [0.717, 1.165) is 38.2 Å². The lowest BCUT2D eigenvalue weighted by molar-refractivity contribution is 0.0653.